The Kier molecular flexibility index (Phi) is 12.3. The Hall–Kier alpha value is -5.14. The van der Waals surface area contributed by atoms with E-state index in [9.17, 15) is 0 Å². The summed E-state index contributed by atoms with van der Waals surface area (Å²) >= 11 is -1.86. The molecule has 9 aromatic rings. The number of pyridine rings is 2. The third-order valence-corrected chi connectivity index (χ3v) is 14.9. The summed E-state index contributed by atoms with van der Waals surface area (Å²) in [5.41, 5.74) is 12.3. The normalized spacial score (nSPS) is 11.8. The maximum absolute atomic E-state index is 6.39. The van der Waals surface area contributed by atoms with Crippen molar-refractivity contribution in [2.75, 3.05) is 0 Å². The van der Waals surface area contributed by atoms with E-state index in [0.717, 1.165) is 62.2 Å². The summed E-state index contributed by atoms with van der Waals surface area (Å²) in [4.78, 5) is 14.5. The van der Waals surface area contributed by atoms with E-state index in [0.29, 0.717) is 11.6 Å². The summed E-state index contributed by atoms with van der Waals surface area (Å²) in [6.45, 7) is 11.2. The second-order valence-corrected chi connectivity index (χ2v) is 28.1. The molecule has 1 radical (unpaired) electrons. The number of nitrogens with zero attached hydrogens (tertiary/aromatic N) is 4. The fourth-order valence-corrected chi connectivity index (χ4v) is 11.1. The minimum absolute atomic E-state index is 0. The first kappa shape index (κ1) is 42.0. The van der Waals surface area contributed by atoms with Crippen LogP contribution in [0, 0.1) is 18.1 Å². The first-order valence-electron chi connectivity index (χ1n) is 20.2. The van der Waals surface area contributed by atoms with Crippen LogP contribution in [-0.4, -0.2) is 32.8 Å². The van der Waals surface area contributed by atoms with E-state index in [2.05, 4.69) is 154 Å². The van der Waals surface area contributed by atoms with Gasteiger partial charge in [0.1, 0.15) is 5.58 Å². The van der Waals surface area contributed by atoms with Gasteiger partial charge in [-0.3, -0.25) is 4.98 Å². The van der Waals surface area contributed by atoms with Crippen LogP contribution in [-0.2, 0) is 31.9 Å². The second kappa shape index (κ2) is 17.2. The Morgan fingerprint density at radius 1 is 0.746 bits per heavy atom. The van der Waals surface area contributed by atoms with Gasteiger partial charge in [-0.25, -0.2) is 4.98 Å². The van der Waals surface area contributed by atoms with E-state index in [-0.39, 0.29) is 25.5 Å². The van der Waals surface area contributed by atoms with Crippen LogP contribution in [0.1, 0.15) is 45.7 Å². The van der Waals surface area contributed by atoms with Crippen molar-refractivity contribution in [2.24, 2.45) is 5.92 Å². The molecule has 9 rings (SSSR count). The zero-order valence-electron chi connectivity index (χ0n) is 35.1. The third-order valence-electron chi connectivity index (χ3n) is 10.6. The van der Waals surface area contributed by atoms with Gasteiger partial charge >= 0.3 is 126 Å². The van der Waals surface area contributed by atoms with Crippen molar-refractivity contribution < 1.29 is 24.5 Å². The third kappa shape index (κ3) is 8.77. The molecule has 0 bridgehead atoms. The number of aromatic nitrogens is 4. The summed E-state index contributed by atoms with van der Waals surface area (Å²) in [7, 11) is 0. The zero-order valence-corrected chi connectivity index (χ0v) is 39.6. The number of benzene rings is 5. The molecule has 0 aliphatic rings. The molecule has 0 unspecified atom stereocenters. The van der Waals surface area contributed by atoms with Crippen molar-refractivity contribution in [3.05, 3.63) is 163 Å². The van der Waals surface area contributed by atoms with E-state index < -0.39 is 13.3 Å². The number of hydrogen-bond acceptors (Lipinski definition) is 4. The molecule has 0 aliphatic carbocycles. The van der Waals surface area contributed by atoms with Crippen molar-refractivity contribution in [2.45, 2.75) is 63.7 Å². The average Bonchev–Trinajstić information content (AvgIpc) is 3.80. The van der Waals surface area contributed by atoms with Crippen LogP contribution in [0.5, 0.6) is 0 Å². The van der Waals surface area contributed by atoms with Crippen LogP contribution >= 0.6 is 0 Å². The van der Waals surface area contributed by atoms with Crippen LogP contribution in [0.2, 0.25) is 17.3 Å². The van der Waals surface area contributed by atoms with E-state index in [1.807, 2.05) is 54.7 Å². The zero-order chi connectivity index (χ0) is 40.6. The molecule has 0 saturated carbocycles. The number of furan rings is 1. The van der Waals surface area contributed by atoms with Crippen molar-refractivity contribution in [1.29, 1.82) is 0 Å². The Morgan fingerprint density at radius 2 is 1.46 bits per heavy atom. The Balaban J connectivity index is 0.000000214. The molecular weight excluding hydrogens is 961 g/mol. The summed E-state index contributed by atoms with van der Waals surface area (Å²) in [5.74, 6) is 8.76. The Bertz CT molecular complexity index is 2850. The maximum atomic E-state index is 6.39. The van der Waals surface area contributed by atoms with E-state index in [4.69, 9.17) is 19.4 Å². The molecule has 4 aromatic heterocycles. The van der Waals surface area contributed by atoms with Crippen molar-refractivity contribution >= 4 is 50.8 Å². The van der Waals surface area contributed by atoms with Gasteiger partial charge in [-0.15, -0.1) is 18.2 Å². The fraction of sp³-hybridized carbons (Fsp3) is 0.212. The topological polar surface area (TPSA) is 56.7 Å². The fourth-order valence-electron chi connectivity index (χ4n) is 7.80. The first-order valence-corrected chi connectivity index (χ1v) is 27.5. The van der Waals surface area contributed by atoms with Gasteiger partial charge in [0.05, 0.1) is 16.9 Å². The second-order valence-electron chi connectivity index (χ2n) is 17.5. The van der Waals surface area contributed by atoms with Crippen LogP contribution in [0.4, 0.5) is 0 Å². The van der Waals surface area contributed by atoms with E-state index in [1.54, 1.807) is 4.40 Å². The quantitative estimate of drug-likeness (QED) is 0.118. The summed E-state index contributed by atoms with van der Waals surface area (Å²) in [6.07, 6.45) is 5.13. The minimum Gasteiger partial charge on any atom is 0 e. The van der Waals surface area contributed by atoms with Gasteiger partial charge in [-0.2, -0.15) is 0 Å². The van der Waals surface area contributed by atoms with Gasteiger partial charge < -0.3 is 8.98 Å². The smallest absolute Gasteiger partial charge is 0 e. The summed E-state index contributed by atoms with van der Waals surface area (Å²) < 4.78 is 10.2. The maximum Gasteiger partial charge on any atom is 0 e. The Labute approximate surface area is 364 Å². The molecule has 5 nitrogen and oxygen atoms in total. The number of fused-ring (bicyclic) bond motifs is 4. The molecule has 0 fully saturated rings. The first-order chi connectivity index (χ1) is 27.9. The standard InChI is InChI=1S/C34H26N3O.C18H24GeN.Ir/c1-34(2,3)28-20-21-35-32-30(28)37(24-18-16-23(17-19-24)22-10-5-4-6-11-22)33(36-32)27-14-9-13-26-25-12-7-8-15-29(25)38-31(26)27;1-14(2)11-16-12-18(15-9-7-6-8-10-15)20-13-17(16)19(3,4)5;/h4-13,15-21H,1-3H3;6-9,12-14H,11H2,1-5H3;/q2*-1;. The average molecular weight is 1010 g/mol. The van der Waals surface area contributed by atoms with Gasteiger partial charge in [-0.1, -0.05) is 92.4 Å². The molecular formula is C52H50GeIrN4O-2. The predicted octanol–water partition coefficient (Wildman–Crippen LogP) is 13.0. The van der Waals surface area contributed by atoms with Crippen LogP contribution in [0.3, 0.4) is 0 Å². The summed E-state index contributed by atoms with van der Waals surface area (Å²) in [6, 6.07) is 50.4. The predicted molar refractivity (Wildman–Crippen MR) is 245 cm³/mol. The number of para-hydroxylation sites is 1. The van der Waals surface area contributed by atoms with Gasteiger partial charge in [0.2, 0.25) is 0 Å². The van der Waals surface area contributed by atoms with Crippen molar-refractivity contribution in [3.8, 4) is 39.5 Å². The van der Waals surface area contributed by atoms with Crippen LogP contribution in [0.15, 0.2) is 144 Å². The largest absolute Gasteiger partial charge is 0 e. The summed E-state index contributed by atoms with van der Waals surface area (Å²) in [5, 5.41) is 2.14. The molecule has 4 heterocycles. The van der Waals surface area contributed by atoms with Crippen LogP contribution in [0.25, 0.3) is 72.6 Å². The molecule has 0 saturated heterocycles. The van der Waals surface area contributed by atoms with Crippen molar-refractivity contribution in [3.63, 3.8) is 0 Å². The van der Waals surface area contributed by atoms with Crippen LogP contribution < -0.4 is 4.40 Å². The van der Waals surface area contributed by atoms with Gasteiger partial charge in [0.15, 0.2) is 5.65 Å². The molecule has 59 heavy (non-hydrogen) atoms. The number of imidazole rings is 1. The number of rotatable bonds is 7. The SMILES string of the molecule is CC(C)(C)c1ccnc2nc(-c3[c-]ccc4c3oc3ccccc34)n(-c3ccc(-c4ccccc4)cc3)c12.CC(C)Cc1cc(-c2[c-]cccc2)nc[c]1[Ge]([CH3])([CH3])[CH3].[Ir]. The number of hydrogen-bond donors (Lipinski definition) is 0. The minimum atomic E-state index is -1.86. The van der Waals surface area contributed by atoms with E-state index in [1.165, 1.54) is 22.3 Å². The van der Waals surface area contributed by atoms with Crippen molar-refractivity contribution in [1.82, 2.24) is 19.5 Å². The molecule has 5 aromatic carbocycles. The monoisotopic (exact) mass is 1010 g/mol. The molecule has 7 heteroatoms. The molecule has 0 N–H and O–H groups in total. The van der Waals surface area contributed by atoms with E-state index >= 15 is 0 Å². The molecule has 0 spiro atoms. The molecule has 0 atom stereocenters. The van der Waals surface area contributed by atoms with Gasteiger partial charge in [0.25, 0.3) is 0 Å². The van der Waals surface area contributed by atoms with Gasteiger partial charge in [-0.05, 0) is 46.4 Å². The Morgan fingerprint density at radius 3 is 2.15 bits per heavy atom. The molecule has 0 amide bonds. The van der Waals surface area contributed by atoms with Gasteiger partial charge in [0, 0.05) is 37.4 Å². The molecule has 0 aliphatic heterocycles. The molecule has 299 valence electrons.